The lowest BCUT2D eigenvalue weighted by atomic mass is 9.85. The maximum absolute atomic E-state index is 13.7. The number of nitrogens with zero attached hydrogens (tertiary/aromatic N) is 3. The summed E-state index contributed by atoms with van der Waals surface area (Å²) in [6.07, 6.45) is 6.47. The van der Waals surface area contributed by atoms with Crippen LogP contribution in [0.4, 0.5) is 5.82 Å². The topological polar surface area (TPSA) is 47.4 Å². The van der Waals surface area contributed by atoms with Crippen molar-refractivity contribution in [1.29, 1.82) is 0 Å². The van der Waals surface area contributed by atoms with Crippen molar-refractivity contribution in [1.82, 2.24) is 9.55 Å². The maximum atomic E-state index is 13.7. The quantitative estimate of drug-likeness (QED) is 0.263. The summed E-state index contributed by atoms with van der Waals surface area (Å²) < 4.78 is 7.89. The molecule has 4 aromatic rings. The van der Waals surface area contributed by atoms with Crippen LogP contribution in [0.2, 0.25) is 0 Å². The van der Waals surface area contributed by atoms with Crippen molar-refractivity contribution in [2.75, 3.05) is 18.6 Å². The molecule has 0 N–H and O–H groups in total. The first-order valence-corrected chi connectivity index (χ1v) is 14.0. The molecule has 6 rings (SSSR count). The lowest BCUT2D eigenvalue weighted by Crippen LogP contribution is -2.32. The highest BCUT2D eigenvalue weighted by molar-refractivity contribution is 6.03. The van der Waals surface area contributed by atoms with Gasteiger partial charge in [0.15, 0.2) is 11.6 Å². The van der Waals surface area contributed by atoms with Gasteiger partial charge in [0.1, 0.15) is 11.4 Å². The molecule has 0 spiro atoms. The van der Waals surface area contributed by atoms with Gasteiger partial charge in [-0.2, -0.15) is 0 Å². The molecule has 0 amide bonds. The van der Waals surface area contributed by atoms with Gasteiger partial charge in [0.05, 0.1) is 12.6 Å². The van der Waals surface area contributed by atoms with Crippen LogP contribution in [0.1, 0.15) is 70.5 Å². The number of hydrogen-bond donors (Lipinski definition) is 0. The van der Waals surface area contributed by atoms with Crippen LogP contribution >= 0.6 is 0 Å². The third-order valence-electron chi connectivity index (χ3n) is 8.73. The molecule has 1 aliphatic carbocycles. The number of hydrogen-bond acceptors (Lipinski definition) is 4. The van der Waals surface area contributed by atoms with Crippen LogP contribution in [0.3, 0.4) is 0 Å². The molecule has 2 aliphatic rings. The van der Waals surface area contributed by atoms with Crippen LogP contribution < -0.4 is 9.64 Å². The minimum Gasteiger partial charge on any atom is -0.497 e. The molecule has 0 atom stereocenters. The molecule has 38 heavy (non-hydrogen) atoms. The number of methoxy groups -OCH3 is 1. The van der Waals surface area contributed by atoms with Crippen molar-refractivity contribution in [3.8, 4) is 5.75 Å². The third kappa shape index (κ3) is 4.48. The predicted molar refractivity (Wildman–Crippen MR) is 153 cm³/mol. The van der Waals surface area contributed by atoms with E-state index >= 15 is 0 Å². The Morgan fingerprint density at radius 2 is 1.79 bits per heavy atom. The van der Waals surface area contributed by atoms with Crippen LogP contribution in [0.15, 0.2) is 54.6 Å². The van der Waals surface area contributed by atoms with Gasteiger partial charge in [-0.3, -0.25) is 4.79 Å². The van der Waals surface area contributed by atoms with E-state index < -0.39 is 0 Å². The SMILES string of the molecule is COc1cccc(Cn2c(C)c(C)c3cc(C(=O)C4CCCCC4)nc(N4CCc5ccccc5C4)c32)c1. The van der Waals surface area contributed by atoms with Gasteiger partial charge >= 0.3 is 0 Å². The normalized spacial score (nSPS) is 16.0. The lowest BCUT2D eigenvalue weighted by Gasteiger charge is -2.31. The van der Waals surface area contributed by atoms with Crippen LogP contribution in [0.25, 0.3) is 10.9 Å². The van der Waals surface area contributed by atoms with Gasteiger partial charge < -0.3 is 14.2 Å². The highest BCUT2D eigenvalue weighted by Crippen LogP contribution is 2.37. The fraction of sp³-hybridized carbons (Fsp3) is 0.394. The van der Waals surface area contributed by atoms with Crippen LogP contribution in [0.5, 0.6) is 5.75 Å². The largest absolute Gasteiger partial charge is 0.497 e. The molecule has 0 bridgehead atoms. The fourth-order valence-electron chi connectivity index (χ4n) is 6.39. The summed E-state index contributed by atoms with van der Waals surface area (Å²) in [6, 6.07) is 19.1. The zero-order valence-corrected chi connectivity index (χ0v) is 22.8. The Hall–Kier alpha value is -3.60. The number of carbonyl (C=O) groups is 1. The number of fused-ring (bicyclic) bond motifs is 2. The van der Waals surface area contributed by atoms with Gasteiger partial charge in [-0.15, -0.1) is 0 Å². The molecule has 5 heteroatoms. The molecule has 196 valence electrons. The van der Waals surface area contributed by atoms with Crippen molar-refractivity contribution in [2.45, 2.75) is 65.5 Å². The Labute approximate surface area is 225 Å². The van der Waals surface area contributed by atoms with Crippen molar-refractivity contribution >= 4 is 22.5 Å². The summed E-state index contributed by atoms with van der Waals surface area (Å²) in [6.45, 7) is 6.80. The maximum Gasteiger partial charge on any atom is 0.184 e. The smallest absolute Gasteiger partial charge is 0.184 e. The predicted octanol–water partition coefficient (Wildman–Crippen LogP) is 7.04. The van der Waals surface area contributed by atoms with Crippen molar-refractivity contribution in [2.24, 2.45) is 5.92 Å². The zero-order valence-electron chi connectivity index (χ0n) is 22.8. The van der Waals surface area contributed by atoms with Gasteiger partial charge in [-0.05, 0) is 73.6 Å². The van der Waals surface area contributed by atoms with Crippen LogP contribution in [0, 0.1) is 19.8 Å². The molecule has 1 saturated carbocycles. The van der Waals surface area contributed by atoms with Crippen molar-refractivity contribution < 1.29 is 9.53 Å². The number of pyridine rings is 1. The van der Waals surface area contributed by atoms with Gasteiger partial charge in [0, 0.05) is 36.6 Å². The van der Waals surface area contributed by atoms with Crippen molar-refractivity contribution in [3.63, 3.8) is 0 Å². The number of ketones is 1. The van der Waals surface area contributed by atoms with Crippen LogP contribution in [-0.4, -0.2) is 29.0 Å². The van der Waals surface area contributed by atoms with E-state index in [1.54, 1.807) is 7.11 Å². The Bertz CT molecular complexity index is 1500. The average molecular weight is 508 g/mol. The molecule has 0 radical (unpaired) electrons. The first-order valence-electron chi connectivity index (χ1n) is 14.0. The number of anilines is 1. The second kappa shape index (κ2) is 10.3. The molecule has 2 aromatic heterocycles. The van der Waals surface area contributed by atoms with Crippen LogP contribution in [-0.2, 0) is 19.5 Å². The molecule has 5 nitrogen and oxygen atoms in total. The molecular weight excluding hydrogens is 470 g/mol. The van der Waals surface area contributed by atoms with Gasteiger partial charge in [-0.1, -0.05) is 55.7 Å². The van der Waals surface area contributed by atoms with E-state index in [1.807, 2.05) is 12.1 Å². The van der Waals surface area contributed by atoms with E-state index in [1.165, 1.54) is 34.4 Å². The highest BCUT2D eigenvalue weighted by Gasteiger charge is 2.28. The molecular formula is C33H37N3O2. The van der Waals surface area contributed by atoms with E-state index in [9.17, 15) is 4.79 Å². The van der Waals surface area contributed by atoms with E-state index in [0.29, 0.717) is 5.69 Å². The molecule has 2 aromatic carbocycles. The number of Topliss-reactive ketones (excluding diaryl/α,β-unsaturated/α-hetero) is 1. The minimum atomic E-state index is 0.101. The molecule has 0 unspecified atom stereocenters. The van der Waals surface area contributed by atoms with Crippen molar-refractivity contribution in [3.05, 3.63) is 88.2 Å². The minimum absolute atomic E-state index is 0.101. The first-order chi connectivity index (χ1) is 18.5. The summed E-state index contributed by atoms with van der Waals surface area (Å²) in [5.41, 5.74) is 8.14. The van der Waals surface area contributed by atoms with Gasteiger partial charge in [0.2, 0.25) is 0 Å². The third-order valence-corrected chi connectivity index (χ3v) is 8.73. The lowest BCUT2D eigenvalue weighted by molar-refractivity contribution is 0.0884. The number of benzene rings is 2. The summed E-state index contributed by atoms with van der Waals surface area (Å²) in [5, 5.41) is 1.15. The Morgan fingerprint density at radius 1 is 1.00 bits per heavy atom. The summed E-state index contributed by atoms with van der Waals surface area (Å²) in [5.74, 6) is 2.13. The Balaban J connectivity index is 1.50. The number of rotatable bonds is 6. The van der Waals surface area contributed by atoms with Gasteiger partial charge in [0.25, 0.3) is 0 Å². The zero-order chi connectivity index (χ0) is 26.2. The molecule has 1 fully saturated rings. The van der Waals surface area contributed by atoms with E-state index in [4.69, 9.17) is 9.72 Å². The number of ether oxygens (including phenoxy) is 1. The standard InChI is InChI=1S/C33H37N3O2/c1-22-23(2)36(20-24-10-9-15-28(18-24)38-3)31-29(22)19-30(32(37)26-12-5-4-6-13-26)34-33(31)35-17-16-25-11-7-8-14-27(25)21-35/h7-11,14-15,18-19,26H,4-6,12-13,16-17,20-21H2,1-3H3. The second-order valence-corrected chi connectivity index (χ2v) is 11.0. The fourth-order valence-corrected chi connectivity index (χ4v) is 6.39. The number of carbonyl (C=O) groups excluding carboxylic acids is 1. The highest BCUT2D eigenvalue weighted by atomic mass is 16.5. The Morgan fingerprint density at radius 3 is 2.58 bits per heavy atom. The molecule has 3 heterocycles. The second-order valence-electron chi connectivity index (χ2n) is 11.0. The molecule has 0 saturated heterocycles. The summed E-state index contributed by atoms with van der Waals surface area (Å²) in [4.78, 5) is 21.3. The Kier molecular flexibility index (Phi) is 6.69. The van der Waals surface area contributed by atoms with E-state index in [2.05, 4.69) is 65.8 Å². The van der Waals surface area contributed by atoms with E-state index in [-0.39, 0.29) is 11.7 Å². The van der Waals surface area contributed by atoms with E-state index in [0.717, 1.165) is 74.2 Å². The summed E-state index contributed by atoms with van der Waals surface area (Å²) in [7, 11) is 1.71. The monoisotopic (exact) mass is 507 g/mol. The molecule has 1 aliphatic heterocycles. The van der Waals surface area contributed by atoms with Gasteiger partial charge in [-0.25, -0.2) is 4.98 Å². The number of aryl methyl sites for hydroxylation is 1. The average Bonchev–Trinajstić information content (AvgIpc) is 3.21. The number of aromatic nitrogens is 2. The first kappa shape index (κ1) is 24.7. The summed E-state index contributed by atoms with van der Waals surface area (Å²) >= 11 is 0.